The molecule has 1 aromatic heterocycles. The second kappa shape index (κ2) is 12.1. The number of halogens is 1. The van der Waals surface area contributed by atoms with E-state index in [0.717, 1.165) is 75.3 Å². The van der Waals surface area contributed by atoms with Crippen LogP contribution in [0.3, 0.4) is 0 Å². The highest BCUT2D eigenvalue weighted by molar-refractivity contribution is 6.30. The summed E-state index contributed by atoms with van der Waals surface area (Å²) in [5, 5.41) is 4.19. The molecule has 1 aliphatic heterocycles. The predicted molar refractivity (Wildman–Crippen MR) is 129 cm³/mol. The molecule has 6 nitrogen and oxygen atoms in total. The van der Waals surface area contributed by atoms with Crippen molar-refractivity contribution in [3.05, 3.63) is 58.9 Å². The van der Waals surface area contributed by atoms with Gasteiger partial charge in [-0.2, -0.15) is 0 Å². The molecular weight excluding hydrogens is 410 g/mol. The summed E-state index contributed by atoms with van der Waals surface area (Å²) in [6.07, 6.45) is 5.50. The first-order chi connectivity index (χ1) is 15.0. The Balaban J connectivity index is 1.29. The lowest BCUT2D eigenvalue weighted by atomic mass is 10.1. The van der Waals surface area contributed by atoms with Crippen molar-refractivity contribution >= 4 is 17.6 Å². The maximum Gasteiger partial charge on any atom is 0.193 e. The average Bonchev–Trinajstić information content (AvgIpc) is 3.09. The first kappa shape index (κ1) is 23.6. The first-order valence-corrected chi connectivity index (χ1v) is 11.5. The summed E-state index contributed by atoms with van der Waals surface area (Å²) in [5.74, 6) is 0.881. The van der Waals surface area contributed by atoms with Crippen LogP contribution in [-0.4, -0.2) is 66.8 Å². The van der Waals surface area contributed by atoms with Gasteiger partial charge in [0.25, 0.3) is 0 Å². The van der Waals surface area contributed by atoms with Crippen molar-refractivity contribution in [3.8, 4) is 0 Å². The Kier molecular flexibility index (Phi) is 9.25. The molecule has 2 heterocycles. The van der Waals surface area contributed by atoms with Crippen LogP contribution >= 0.6 is 11.6 Å². The number of rotatable bonds is 9. The molecule has 0 radical (unpaired) electrons. The zero-order valence-corrected chi connectivity index (χ0v) is 19.8. The lowest BCUT2D eigenvalue weighted by molar-refractivity contribution is 0.00531. The van der Waals surface area contributed by atoms with Crippen LogP contribution < -0.4 is 5.32 Å². The number of guanidine groups is 1. The Morgan fingerprint density at radius 3 is 2.65 bits per heavy atom. The van der Waals surface area contributed by atoms with Gasteiger partial charge < -0.3 is 19.5 Å². The zero-order chi connectivity index (χ0) is 22.1. The van der Waals surface area contributed by atoms with E-state index in [1.165, 1.54) is 5.56 Å². The van der Waals surface area contributed by atoms with E-state index in [9.17, 15) is 0 Å². The zero-order valence-electron chi connectivity index (χ0n) is 19.1. The van der Waals surface area contributed by atoms with Crippen molar-refractivity contribution in [2.45, 2.75) is 38.5 Å². The number of aromatic nitrogens is 1. The highest BCUT2D eigenvalue weighted by Crippen LogP contribution is 2.17. The smallest absolute Gasteiger partial charge is 0.193 e. The Morgan fingerprint density at radius 2 is 2.00 bits per heavy atom. The van der Waals surface area contributed by atoms with Crippen LogP contribution in [0.2, 0.25) is 5.02 Å². The topological polar surface area (TPSA) is 45.0 Å². The van der Waals surface area contributed by atoms with E-state index in [-0.39, 0.29) is 0 Å². The van der Waals surface area contributed by atoms with Crippen LogP contribution in [0.1, 0.15) is 30.5 Å². The number of likely N-dealkylation sites (tertiary alicyclic amines) is 1. The van der Waals surface area contributed by atoms with Gasteiger partial charge in [0.15, 0.2) is 5.96 Å². The standard InChI is InChI=1S/C24H36ClN5O/c1-26-24(29(3)19-22-16-21(25)18-28(22)2)27-12-7-15-31-23-10-13-30(14-11-23)17-20-8-5-4-6-9-20/h4-6,8-9,16,18,23H,7,10-15,17,19H2,1-3H3,(H,26,27). The fourth-order valence-electron chi connectivity index (χ4n) is 4.02. The fourth-order valence-corrected chi connectivity index (χ4v) is 4.30. The highest BCUT2D eigenvalue weighted by atomic mass is 35.5. The molecule has 170 valence electrons. The van der Waals surface area contributed by atoms with E-state index in [4.69, 9.17) is 16.3 Å². The highest BCUT2D eigenvalue weighted by Gasteiger charge is 2.19. The number of nitrogens with zero attached hydrogens (tertiary/aromatic N) is 4. The third-order valence-corrected chi connectivity index (χ3v) is 6.00. The molecule has 0 bridgehead atoms. The van der Waals surface area contributed by atoms with Crippen molar-refractivity contribution in [2.24, 2.45) is 12.0 Å². The van der Waals surface area contributed by atoms with Crippen LogP contribution in [0.4, 0.5) is 0 Å². The van der Waals surface area contributed by atoms with Crippen molar-refractivity contribution < 1.29 is 4.74 Å². The molecule has 1 aliphatic rings. The Hall–Kier alpha value is -2.02. The van der Waals surface area contributed by atoms with Gasteiger partial charge in [0.05, 0.1) is 17.7 Å². The SMILES string of the molecule is CN=C(NCCCOC1CCN(Cc2ccccc2)CC1)N(C)Cc1cc(Cl)cn1C. The van der Waals surface area contributed by atoms with Crippen molar-refractivity contribution in [2.75, 3.05) is 40.3 Å². The van der Waals surface area contributed by atoms with Gasteiger partial charge in [0.2, 0.25) is 0 Å². The third-order valence-electron chi connectivity index (χ3n) is 5.79. The monoisotopic (exact) mass is 445 g/mol. The largest absolute Gasteiger partial charge is 0.378 e. The molecule has 3 rings (SSSR count). The van der Waals surface area contributed by atoms with E-state index in [2.05, 4.69) is 50.4 Å². The summed E-state index contributed by atoms with van der Waals surface area (Å²) in [7, 11) is 5.86. The van der Waals surface area contributed by atoms with Crippen molar-refractivity contribution in [3.63, 3.8) is 0 Å². The van der Waals surface area contributed by atoms with E-state index in [1.54, 1.807) is 0 Å². The Morgan fingerprint density at radius 1 is 1.26 bits per heavy atom. The number of piperidine rings is 1. The first-order valence-electron chi connectivity index (χ1n) is 11.2. The maximum atomic E-state index is 6.13. The van der Waals surface area contributed by atoms with E-state index >= 15 is 0 Å². The number of nitrogens with one attached hydrogen (secondary N) is 1. The Labute approximate surface area is 191 Å². The van der Waals surface area contributed by atoms with Gasteiger partial charge in [-0.05, 0) is 30.9 Å². The molecule has 0 aliphatic carbocycles. The second-order valence-corrected chi connectivity index (χ2v) is 8.71. The molecule has 2 aromatic rings. The second-order valence-electron chi connectivity index (χ2n) is 8.28. The van der Waals surface area contributed by atoms with Gasteiger partial charge >= 0.3 is 0 Å². The predicted octanol–water partition coefficient (Wildman–Crippen LogP) is 3.76. The quantitative estimate of drug-likeness (QED) is 0.362. The molecule has 7 heteroatoms. The molecular formula is C24H36ClN5O. The minimum atomic E-state index is 0.385. The maximum absolute atomic E-state index is 6.13. The van der Waals surface area contributed by atoms with Crippen LogP contribution in [0.5, 0.6) is 0 Å². The van der Waals surface area contributed by atoms with E-state index < -0.39 is 0 Å². The van der Waals surface area contributed by atoms with Crippen LogP contribution in [0.25, 0.3) is 0 Å². The number of hydrogen-bond donors (Lipinski definition) is 1. The summed E-state index contributed by atoms with van der Waals surface area (Å²) >= 11 is 6.09. The summed E-state index contributed by atoms with van der Waals surface area (Å²) in [6.45, 7) is 5.64. The summed E-state index contributed by atoms with van der Waals surface area (Å²) in [4.78, 5) is 9.02. The van der Waals surface area contributed by atoms with Gasteiger partial charge in [0.1, 0.15) is 0 Å². The summed E-state index contributed by atoms with van der Waals surface area (Å²) in [6, 6.07) is 12.7. The van der Waals surface area contributed by atoms with Gasteiger partial charge in [-0.25, -0.2) is 0 Å². The number of hydrogen-bond acceptors (Lipinski definition) is 3. The molecule has 0 unspecified atom stereocenters. The van der Waals surface area contributed by atoms with Gasteiger partial charge in [-0.15, -0.1) is 0 Å². The van der Waals surface area contributed by atoms with E-state index in [1.807, 2.05) is 38.0 Å². The van der Waals surface area contributed by atoms with Gasteiger partial charge in [-0.1, -0.05) is 41.9 Å². The normalized spacial score (nSPS) is 15.9. The third kappa shape index (κ3) is 7.56. The molecule has 1 fully saturated rings. The molecule has 0 saturated carbocycles. The molecule has 0 atom stereocenters. The Bertz CT molecular complexity index is 815. The molecule has 1 aromatic carbocycles. The minimum absolute atomic E-state index is 0.385. The fraction of sp³-hybridized carbons (Fsp3) is 0.542. The van der Waals surface area contributed by atoms with Crippen LogP contribution in [-0.2, 0) is 24.9 Å². The molecule has 0 amide bonds. The lowest BCUT2D eigenvalue weighted by Crippen LogP contribution is -2.39. The number of benzene rings is 1. The minimum Gasteiger partial charge on any atom is -0.378 e. The average molecular weight is 446 g/mol. The van der Waals surface area contributed by atoms with Crippen LogP contribution in [0.15, 0.2) is 47.6 Å². The summed E-state index contributed by atoms with van der Waals surface area (Å²) in [5.41, 5.74) is 2.54. The molecule has 0 spiro atoms. The number of ether oxygens (including phenoxy) is 1. The number of aryl methyl sites for hydroxylation is 1. The van der Waals surface area contributed by atoms with Gasteiger partial charge in [0, 0.05) is 65.8 Å². The van der Waals surface area contributed by atoms with Crippen molar-refractivity contribution in [1.82, 2.24) is 19.7 Å². The van der Waals surface area contributed by atoms with E-state index in [0.29, 0.717) is 6.10 Å². The number of aliphatic imine (C=N–C) groups is 1. The molecule has 1 N–H and O–H groups in total. The molecule has 1 saturated heterocycles. The summed E-state index contributed by atoms with van der Waals surface area (Å²) < 4.78 is 8.18. The van der Waals surface area contributed by atoms with Crippen molar-refractivity contribution in [1.29, 1.82) is 0 Å². The lowest BCUT2D eigenvalue weighted by Gasteiger charge is -2.32. The van der Waals surface area contributed by atoms with Crippen LogP contribution in [0, 0.1) is 0 Å². The van der Waals surface area contributed by atoms with Gasteiger partial charge in [-0.3, -0.25) is 9.89 Å². The molecule has 31 heavy (non-hydrogen) atoms.